The third kappa shape index (κ3) is 11.7. The van der Waals surface area contributed by atoms with Gasteiger partial charge in [-0.15, -0.1) is 11.3 Å². The molecule has 12 heteroatoms. The van der Waals surface area contributed by atoms with E-state index in [0.29, 0.717) is 22.9 Å². The first kappa shape index (κ1) is 38.7. The highest BCUT2D eigenvalue weighted by molar-refractivity contribution is 7.90. The van der Waals surface area contributed by atoms with E-state index in [1.807, 2.05) is 54.6 Å². The highest BCUT2D eigenvalue weighted by atomic mass is 32.2. The van der Waals surface area contributed by atoms with Crippen molar-refractivity contribution in [2.24, 2.45) is 0 Å². The Bertz CT molecular complexity index is 1780. The van der Waals surface area contributed by atoms with E-state index in [1.165, 1.54) is 44.1 Å². The molecule has 268 valence electrons. The number of nitrogens with one attached hydrogen (secondary N) is 2. The maximum absolute atomic E-state index is 13.2. The molecule has 0 spiro atoms. The van der Waals surface area contributed by atoms with Crippen molar-refractivity contribution in [2.45, 2.75) is 77.7 Å². The quantitative estimate of drug-likeness (QED) is 0.105. The van der Waals surface area contributed by atoms with Crippen molar-refractivity contribution < 1.29 is 27.5 Å². The van der Waals surface area contributed by atoms with Gasteiger partial charge in [-0.25, -0.2) is 18.4 Å². The van der Waals surface area contributed by atoms with E-state index in [9.17, 15) is 18.0 Å². The Kier molecular flexibility index (Phi) is 14.1. The molecule has 0 radical (unpaired) electrons. The minimum absolute atomic E-state index is 0.0630. The fourth-order valence-electron chi connectivity index (χ4n) is 5.06. The van der Waals surface area contributed by atoms with Crippen LogP contribution in [0.15, 0.2) is 73.1 Å². The summed E-state index contributed by atoms with van der Waals surface area (Å²) in [4.78, 5) is 37.0. The second kappa shape index (κ2) is 18.2. The minimum Gasteiger partial charge on any atom is -0.494 e. The average Bonchev–Trinajstić information content (AvgIpc) is 3.61. The SMILES string of the molecule is CCCCCCCOc1ccc(-c2cnc(-c3ccc(C[C@H](NC(=O)c4ccc(C(C)(C)C)s4)C(=O)NS(=O)(=O)CCOC)cc3)nc2)cc1. The number of carbonyl (C=O) groups is 2. The number of unbranched alkanes of at least 4 members (excludes halogenated alkanes) is 4. The van der Waals surface area contributed by atoms with Crippen LogP contribution in [0.1, 0.15) is 79.9 Å². The lowest BCUT2D eigenvalue weighted by Gasteiger charge is -2.19. The van der Waals surface area contributed by atoms with E-state index < -0.39 is 27.9 Å². The third-order valence-corrected chi connectivity index (χ3v) is 10.7. The second-order valence-corrected chi connectivity index (χ2v) is 16.1. The fraction of sp³-hybridized carbons (Fsp3) is 0.421. The summed E-state index contributed by atoms with van der Waals surface area (Å²) in [5.74, 6) is -0.294. The van der Waals surface area contributed by atoms with Crippen LogP contribution >= 0.6 is 11.3 Å². The first-order valence-electron chi connectivity index (χ1n) is 17.0. The molecule has 2 N–H and O–H groups in total. The van der Waals surface area contributed by atoms with Gasteiger partial charge in [-0.1, -0.05) is 89.8 Å². The van der Waals surface area contributed by atoms with Gasteiger partial charge in [0.25, 0.3) is 11.8 Å². The summed E-state index contributed by atoms with van der Waals surface area (Å²) in [6.45, 7) is 9.01. The number of amides is 2. The Morgan fingerprint density at radius 1 is 0.840 bits per heavy atom. The van der Waals surface area contributed by atoms with Crippen LogP contribution in [-0.4, -0.2) is 62.3 Å². The predicted octanol–water partition coefficient (Wildman–Crippen LogP) is 6.95. The van der Waals surface area contributed by atoms with Gasteiger partial charge in [-0.05, 0) is 47.2 Å². The molecule has 10 nitrogen and oxygen atoms in total. The van der Waals surface area contributed by atoms with E-state index in [1.54, 1.807) is 18.5 Å². The zero-order valence-electron chi connectivity index (χ0n) is 29.5. The lowest BCUT2D eigenvalue weighted by Crippen LogP contribution is -2.50. The van der Waals surface area contributed by atoms with Crippen LogP contribution in [0.3, 0.4) is 0 Å². The molecule has 4 rings (SSSR count). The lowest BCUT2D eigenvalue weighted by molar-refractivity contribution is -0.121. The standard InChI is InChI=1S/C38H48N4O6S2/c1-6-7-8-9-10-21-48-31-17-15-28(16-18-31)30-25-39-35(40-26-30)29-13-11-27(12-14-29)24-32(36(43)42-50(45,46)23-22-47-5)41-37(44)33-19-20-34(49-33)38(2,3)4/h11-20,25-26,32H,6-10,21-24H2,1-5H3,(H,41,44)(H,42,43)/t32-/m0/s1. The zero-order chi connectivity index (χ0) is 36.1. The van der Waals surface area contributed by atoms with Gasteiger partial charge in [0.2, 0.25) is 10.0 Å². The van der Waals surface area contributed by atoms with Crippen LogP contribution < -0.4 is 14.8 Å². The zero-order valence-corrected chi connectivity index (χ0v) is 31.2. The Morgan fingerprint density at radius 3 is 2.12 bits per heavy atom. The van der Waals surface area contributed by atoms with Crippen molar-refractivity contribution >= 4 is 33.2 Å². The van der Waals surface area contributed by atoms with Crippen LogP contribution in [0.5, 0.6) is 5.75 Å². The monoisotopic (exact) mass is 720 g/mol. The number of hydrogen-bond donors (Lipinski definition) is 2. The van der Waals surface area contributed by atoms with Crippen molar-refractivity contribution in [3.05, 3.63) is 88.4 Å². The number of hydrogen-bond acceptors (Lipinski definition) is 9. The van der Waals surface area contributed by atoms with E-state index in [2.05, 4.69) is 47.7 Å². The Hall–Kier alpha value is -4.13. The second-order valence-electron chi connectivity index (χ2n) is 13.2. The topological polar surface area (TPSA) is 137 Å². The molecule has 0 fully saturated rings. The van der Waals surface area contributed by atoms with Crippen molar-refractivity contribution in [2.75, 3.05) is 26.1 Å². The van der Waals surface area contributed by atoms with Crippen molar-refractivity contribution in [3.8, 4) is 28.3 Å². The van der Waals surface area contributed by atoms with Gasteiger partial charge < -0.3 is 14.8 Å². The molecule has 0 saturated carbocycles. The lowest BCUT2D eigenvalue weighted by atomic mass is 9.95. The number of aromatic nitrogens is 2. The van der Waals surface area contributed by atoms with Crippen LogP contribution in [-0.2, 0) is 31.4 Å². The van der Waals surface area contributed by atoms with E-state index in [-0.39, 0.29) is 24.2 Å². The molecular formula is C38H48N4O6S2. The van der Waals surface area contributed by atoms with Crippen LogP contribution in [0.4, 0.5) is 0 Å². The molecule has 2 aromatic carbocycles. The highest BCUT2D eigenvalue weighted by Gasteiger charge is 2.27. The maximum atomic E-state index is 13.2. The van der Waals surface area contributed by atoms with Crippen molar-refractivity contribution in [3.63, 3.8) is 0 Å². The van der Waals surface area contributed by atoms with Gasteiger partial charge in [0, 0.05) is 41.9 Å². The van der Waals surface area contributed by atoms with Crippen LogP contribution in [0, 0.1) is 0 Å². The molecule has 0 bridgehead atoms. The maximum Gasteiger partial charge on any atom is 0.262 e. The number of sulfonamides is 1. The number of carbonyl (C=O) groups excluding carboxylic acids is 2. The van der Waals surface area contributed by atoms with E-state index >= 15 is 0 Å². The predicted molar refractivity (Wildman–Crippen MR) is 199 cm³/mol. The normalized spacial score (nSPS) is 12.3. The van der Waals surface area contributed by atoms with Gasteiger partial charge in [0.1, 0.15) is 11.8 Å². The molecule has 4 aromatic rings. The molecule has 1 atom stereocenters. The summed E-state index contributed by atoms with van der Waals surface area (Å²) in [7, 11) is -2.59. The molecule has 50 heavy (non-hydrogen) atoms. The van der Waals surface area contributed by atoms with Gasteiger partial charge in [-0.2, -0.15) is 0 Å². The summed E-state index contributed by atoms with van der Waals surface area (Å²) < 4.78 is 37.8. The van der Waals surface area contributed by atoms with E-state index in [4.69, 9.17) is 9.47 Å². The third-order valence-electron chi connectivity index (χ3n) is 8.01. The molecule has 2 amide bonds. The van der Waals surface area contributed by atoms with Crippen molar-refractivity contribution in [1.29, 1.82) is 0 Å². The number of benzene rings is 2. The molecule has 2 aromatic heterocycles. The molecular weight excluding hydrogens is 673 g/mol. The average molecular weight is 721 g/mol. The molecule has 0 aliphatic heterocycles. The number of methoxy groups -OCH3 is 1. The molecule has 0 aliphatic carbocycles. The fourth-order valence-corrected chi connectivity index (χ4v) is 6.96. The van der Waals surface area contributed by atoms with Crippen molar-refractivity contribution in [1.82, 2.24) is 20.0 Å². The van der Waals surface area contributed by atoms with Crippen LogP contribution in [0.25, 0.3) is 22.5 Å². The summed E-state index contributed by atoms with van der Waals surface area (Å²) in [6.07, 6.45) is 9.59. The summed E-state index contributed by atoms with van der Waals surface area (Å²) >= 11 is 1.34. The smallest absolute Gasteiger partial charge is 0.262 e. The van der Waals surface area contributed by atoms with Gasteiger partial charge in [0.15, 0.2) is 5.82 Å². The first-order valence-corrected chi connectivity index (χ1v) is 19.4. The Morgan fingerprint density at radius 2 is 1.50 bits per heavy atom. The van der Waals surface area contributed by atoms with Crippen LogP contribution in [0.2, 0.25) is 0 Å². The highest BCUT2D eigenvalue weighted by Crippen LogP contribution is 2.29. The molecule has 2 heterocycles. The minimum atomic E-state index is -3.97. The van der Waals surface area contributed by atoms with Gasteiger partial charge in [-0.3, -0.25) is 14.3 Å². The molecule has 0 saturated heterocycles. The number of ether oxygens (including phenoxy) is 2. The number of rotatable bonds is 18. The number of nitrogens with zero attached hydrogens (tertiary/aromatic N) is 2. The van der Waals surface area contributed by atoms with E-state index in [0.717, 1.165) is 33.7 Å². The summed E-state index contributed by atoms with van der Waals surface area (Å²) in [5, 5.41) is 2.75. The van der Waals surface area contributed by atoms with Gasteiger partial charge in [0.05, 0.1) is 23.8 Å². The Labute approximate surface area is 300 Å². The summed E-state index contributed by atoms with van der Waals surface area (Å²) in [5.41, 5.74) is 3.19. The number of thiophene rings is 1. The molecule has 0 unspecified atom stereocenters. The first-order chi connectivity index (χ1) is 23.9. The Balaban J connectivity index is 1.42. The summed E-state index contributed by atoms with van der Waals surface area (Å²) in [6, 6.07) is 17.7. The molecule has 0 aliphatic rings. The van der Waals surface area contributed by atoms with Gasteiger partial charge >= 0.3 is 0 Å². The largest absolute Gasteiger partial charge is 0.494 e.